The van der Waals surface area contributed by atoms with E-state index in [1.54, 1.807) is 0 Å². The summed E-state index contributed by atoms with van der Waals surface area (Å²) < 4.78 is 0. The average molecular weight is 296 g/mol. The van der Waals surface area contributed by atoms with Crippen molar-refractivity contribution in [3.8, 4) is 0 Å². The third kappa shape index (κ3) is 2.06. The lowest BCUT2D eigenvalue weighted by molar-refractivity contribution is 0.0710. The summed E-state index contributed by atoms with van der Waals surface area (Å²) in [5, 5.41) is 1.11. The Morgan fingerprint density at radius 1 is 1.23 bits per heavy atom. The van der Waals surface area contributed by atoms with Crippen molar-refractivity contribution in [1.82, 2.24) is 9.88 Å². The Hall–Kier alpha value is -1.77. The minimum Gasteiger partial charge on any atom is -0.361 e. The zero-order valence-corrected chi connectivity index (χ0v) is 13.6. The molecule has 1 aromatic heterocycles. The van der Waals surface area contributed by atoms with E-state index in [4.69, 9.17) is 0 Å². The number of H-pyrrole nitrogens is 1. The number of amides is 1. The Labute approximate surface area is 131 Å². The standard InChI is InChI=1S/C19H24N2O/c1-18(2)9-14-10-19(3,11-18)12-21(14)17(22)15-6-4-5-13-7-8-20-16(13)15/h4-8,14,20H,9-12H2,1-3H3/t14-,19+/m0/s1. The van der Waals surface area contributed by atoms with Crippen LogP contribution in [0, 0.1) is 10.8 Å². The third-order valence-electron chi connectivity index (χ3n) is 5.49. The van der Waals surface area contributed by atoms with Gasteiger partial charge in [0.2, 0.25) is 0 Å². The Kier molecular flexibility index (Phi) is 2.76. The quantitative estimate of drug-likeness (QED) is 0.841. The molecular weight excluding hydrogens is 272 g/mol. The van der Waals surface area contributed by atoms with E-state index in [0.717, 1.165) is 35.9 Å². The number of rotatable bonds is 1. The molecule has 2 aromatic rings. The number of carbonyl (C=O) groups is 1. The predicted molar refractivity (Wildman–Crippen MR) is 88.9 cm³/mol. The monoisotopic (exact) mass is 296 g/mol. The number of aromatic nitrogens is 1. The first kappa shape index (κ1) is 13.9. The van der Waals surface area contributed by atoms with E-state index >= 15 is 0 Å². The van der Waals surface area contributed by atoms with Crippen LogP contribution in [0.2, 0.25) is 0 Å². The van der Waals surface area contributed by atoms with Crippen LogP contribution >= 0.6 is 0 Å². The van der Waals surface area contributed by atoms with Gasteiger partial charge < -0.3 is 9.88 Å². The first-order valence-electron chi connectivity index (χ1n) is 8.24. The molecule has 1 saturated heterocycles. The van der Waals surface area contributed by atoms with Crippen molar-refractivity contribution in [2.24, 2.45) is 10.8 Å². The highest BCUT2D eigenvalue weighted by atomic mass is 16.2. The number of nitrogens with one attached hydrogen (secondary N) is 1. The third-order valence-corrected chi connectivity index (χ3v) is 5.49. The molecule has 0 unspecified atom stereocenters. The second-order valence-electron chi connectivity index (χ2n) is 8.39. The van der Waals surface area contributed by atoms with Crippen LogP contribution in [-0.4, -0.2) is 28.4 Å². The van der Waals surface area contributed by atoms with Crippen LogP contribution in [0.1, 0.15) is 50.4 Å². The number of carbonyl (C=O) groups excluding carboxylic acids is 1. The van der Waals surface area contributed by atoms with Gasteiger partial charge in [0.05, 0.1) is 11.1 Å². The number of aromatic amines is 1. The van der Waals surface area contributed by atoms with E-state index < -0.39 is 0 Å². The van der Waals surface area contributed by atoms with Crippen LogP contribution in [0.5, 0.6) is 0 Å². The van der Waals surface area contributed by atoms with Crippen molar-refractivity contribution in [1.29, 1.82) is 0 Å². The second kappa shape index (κ2) is 4.37. The van der Waals surface area contributed by atoms with E-state index in [0.29, 0.717) is 11.5 Å². The van der Waals surface area contributed by atoms with Gasteiger partial charge in [0.1, 0.15) is 0 Å². The first-order valence-corrected chi connectivity index (χ1v) is 8.24. The molecule has 2 bridgehead atoms. The first-order chi connectivity index (χ1) is 10.4. The molecule has 3 heteroatoms. The summed E-state index contributed by atoms with van der Waals surface area (Å²) in [6.45, 7) is 7.94. The van der Waals surface area contributed by atoms with Crippen LogP contribution in [0.4, 0.5) is 0 Å². The van der Waals surface area contributed by atoms with Gasteiger partial charge in [-0.1, -0.05) is 32.9 Å². The van der Waals surface area contributed by atoms with Crippen LogP contribution in [0.25, 0.3) is 10.9 Å². The van der Waals surface area contributed by atoms with Crippen molar-refractivity contribution in [3.05, 3.63) is 36.0 Å². The summed E-state index contributed by atoms with van der Waals surface area (Å²) in [4.78, 5) is 18.5. The van der Waals surface area contributed by atoms with Crippen molar-refractivity contribution in [2.75, 3.05) is 6.54 Å². The highest BCUT2D eigenvalue weighted by Crippen LogP contribution is 2.52. The molecule has 1 saturated carbocycles. The summed E-state index contributed by atoms with van der Waals surface area (Å²) >= 11 is 0. The SMILES string of the molecule is CC1(C)C[C@H]2C[C@@](C)(CN2C(=O)c2cccc3cc[nH]c23)C1. The smallest absolute Gasteiger partial charge is 0.256 e. The maximum Gasteiger partial charge on any atom is 0.256 e. The summed E-state index contributed by atoms with van der Waals surface area (Å²) in [6.07, 6.45) is 5.40. The molecule has 1 N–H and O–H groups in total. The molecule has 2 atom stereocenters. The molecule has 0 radical (unpaired) electrons. The number of hydrogen-bond donors (Lipinski definition) is 1. The molecule has 2 heterocycles. The van der Waals surface area contributed by atoms with E-state index in [2.05, 4.69) is 36.7 Å². The van der Waals surface area contributed by atoms with Gasteiger partial charge in [0, 0.05) is 24.2 Å². The Morgan fingerprint density at radius 2 is 2.05 bits per heavy atom. The van der Waals surface area contributed by atoms with Gasteiger partial charge >= 0.3 is 0 Å². The summed E-state index contributed by atoms with van der Waals surface area (Å²) in [5.74, 6) is 0.194. The number of likely N-dealkylation sites (tertiary alicyclic amines) is 1. The predicted octanol–water partition coefficient (Wildman–Crippen LogP) is 4.21. The van der Waals surface area contributed by atoms with Gasteiger partial charge in [-0.2, -0.15) is 0 Å². The summed E-state index contributed by atoms with van der Waals surface area (Å²) in [6, 6.07) is 8.41. The molecule has 1 aromatic carbocycles. The molecule has 1 aliphatic carbocycles. The van der Waals surface area contributed by atoms with E-state index in [9.17, 15) is 4.79 Å². The fourth-order valence-corrected chi connectivity index (χ4v) is 5.12. The number of hydrogen-bond acceptors (Lipinski definition) is 1. The zero-order valence-electron chi connectivity index (χ0n) is 13.6. The Bertz CT molecular complexity index is 745. The van der Waals surface area contributed by atoms with E-state index in [1.807, 2.05) is 24.4 Å². The highest BCUT2D eigenvalue weighted by Gasteiger charge is 2.51. The molecule has 116 valence electrons. The fraction of sp³-hybridized carbons (Fsp3) is 0.526. The van der Waals surface area contributed by atoms with Crippen molar-refractivity contribution in [3.63, 3.8) is 0 Å². The van der Waals surface area contributed by atoms with Gasteiger partial charge in [-0.25, -0.2) is 0 Å². The minimum absolute atomic E-state index is 0.194. The molecule has 2 fully saturated rings. The van der Waals surface area contributed by atoms with Crippen molar-refractivity contribution >= 4 is 16.8 Å². The summed E-state index contributed by atoms with van der Waals surface area (Å²) in [5.41, 5.74) is 2.41. The number of benzene rings is 1. The molecule has 1 amide bonds. The number of nitrogens with zero attached hydrogens (tertiary/aromatic N) is 1. The maximum atomic E-state index is 13.2. The van der Waals surface area contributed by atoms with Crippen LogP contribution < -0.4 is 0 Å². The van der Waals surface area contributed by atoms with Crippen molar-refractivity contribution in [2.45, 2.75) is 46.1 Å². The second-order valence-corrected chi connectivity index (χ2v) is 8.39. The maximum absolute atomic E-state index is 13.2. The van der Waals surface area contributed by atoms with Gasteiger partial charge in [-0.15, -0.1) is 0 Å². The zero-order chi connectivity index (χ0) is 15.5. The topological polar surface area (TPSA) is 36.1 Å². The van der Waals surface area contributed by atoms with Gasteiger partial charge in [-0.05, 0) is 42.2 Å². The summed E-state index contributed by atoms with van der Waals surface area (Å²) in [7, 11) is 0. The molecule has 22 heavy (non-hydrogen) atoms. The lowest BCUT2D eigenvalue weighted by atomic mass is 9.65. The van der Waals surface area contributed by atoms with Gasteiger partial charge in [0.25, 0.3) is 5.91 Å². The minimum atomic E-state index is 0.194. The highest BCUT2D eigenvalue weighted by molar-refractivity contribution is 6.05. The normalized spacial score (nSPS) is 30.0. The molecule has 3 nitrogen and oxygen atoms in total. The molecule has 2 aliphatic rings. The van der Waals surface area contributed by atoms with Crippen LogP contribution in [0.15, 0.2) is 30.5 Å². The molecule has 4 rings (SSSR count). The lowest BCUT2D eigenvalue weighted by Gasteiger charge is -2.39. The molecular formula is C19H24N2O. The molecule has 1 aliphatic heterocycles. The largest absolute Gasteiger partial charge is 0.361 e. The fourth-order valence-electron chi connectivity index (χ4n) is 5.12. The lowest BCUT2D eigenvalue weighted by Crippen LogP contribution is -2.37. The van der Waals surface area contributed by atoms with Crippen molar-refractivity contribution < 1.29 is 4.79 Å². The van der Waals surface area contributed by atoms with Crippen LogP contribution in [0.3, 0.4) is 0 Å². The average Bonchev–Trinajstić information content (AvgIpc) is 2.98. The van der Waals surface area contributed by atoms with E-state index in [1.165, 1.54) is 6.42 Å². The van der Waals surface area contributed by atoms with Gasteiger partial charge in [0.15, 0.2) is 0 Å². The Balaban J connectivity index is 1.71. The van der Waals surface area contributed by atoms with Gasteiger partial charge in [-0.3, -0.25) is 4.79 Å². The number of fused-ring (bicyclic) bond motifs is 3. The van der Waals surface area contributed by atoms with E-state index in [-0.39, 0.29) is 11.3 Å². The Morgan fingerprint density at radius 3 is 2.86 bits per heavy atom. The number of para-hydroxylation sites is 1. The van der Waals surface area contributed by atoms with Crippen LogP contribution in [-0.2, 0) is 0 Å². The molecule has 0 spiro atoms.